The van der Waals surface area contributed by atoms with Crippen LogP contribution in [-0.2, 0) is 0 Å². The van der Waals surface area contributed by atoms with Crippen molar-refractivity contribution in [1.82, 2.24) is 4.98 Å². The summed E-state index contributed by atoms with van der Waals surface area (Å²) in [6.45, 7) is 0.350. The highest BCUT2D eigenvalue weighted by atomic mass is 19.1. The van der Waals surface area contributed by atoms with Crippen molar-refractivity contribution < 1.29 is 14.2 Å². The summed E-state index contributed by atoms with van der Waals surface area (Å²) in [4.78, 5) is 3.81. The van der Waals surface area contributed by atoms with Gasteiger partial charge in [-0.3, -0.25) is 0 Å². The minimum atomic E-state index is -0.769. The second-order valence-electron chi connectivity index (χ2n) is 2.82. The van der Waals surface area contributed by atoms with Crippen molar-refractivity contribution in [3.05, 3.63) is 23.6 Å². The van der Waals surface area contributed by atoms with Crippen LogP contribution < -0.4 is 10.5 Å². The van der Waals surface area contributed by atoms with Crippen LogP contribution in [0, 0.1) is 5.82 Å². The fraction of sp³-hybridized carbons (Fsp3) is 0.444. The third-order valence-corrected chi connectivity index (χ3v) is 1.81. The van der Waals surface area contributed by atoms with E-state index in [-0.39, 0.29) is 5.88 Å². The van der Waals surface area contributed by atoms with E-state index in [9.17, 15) is 9.50 Å². The van der Waals surface area contributed by atoms with Crippen LogP contribution in [0.3, 0.4) is 0 Å². The maximum absolute atomic E-state index is 12.9. The van der Waals surface area contributed by atoms with Crippen molar-refractivity contribution in [1.29, 1.82) is 0 Å². The average Bonchev–Trinajstić information content (AvgIpc) is 2.19. The third kappa shape index (κ3) is 2.40. The predicted molar refractivity (Wildman–Crippen MR) is 49.4 cm³/mol. The summed E-state index contributed by atoms with van der Waals surface area (Å²) >= 11 is 0. The van der Waals surface area contributed by atoms with Crippen LogP contribution in [-0.4, -0.2) is 23.7 Å². The van der Waals surface area contributed by atoms with Gasteiger partial charge in [0.2, 0.25) is 5.88 Å². The lowest BCUT2D eigenvalue weighted by atomic mass is 10.1. The Bertz CT molecular complexity index is 307. The number of nitrogens with two attached hydrogens (primary N) is 1. The second-order valence-corrected chi connectivity index (χ2v) is 2.82. The number of aliphatic hydroxyl groups is 1. The highest BCUT2D eigenvalue weighted by Crippen LogP contribution is 2.19. The molecule has 0 saturated heterocycles. The van der Waals surface area contributed by atoms with Gasteiger partial charge in [0.05, 0.1) is 18.9 Å². The highest BCUT2D eigenvalue weighted by Gasteiger charge is 2.11. The van der Waals surface area contributed by atoms with Crippen LogP contribution in [0.1, 0.15) is 18.2 Å². The van der Waals surface area contributed by atoms with Gasteiger partial charge in [0.25, 0.3) is 0 Å². The van der Waals surface area contributed by atoms with E-state index < -0.39 is 11.9 Å². The zero-order valence-corrected chi connectivity index (χ0v) is 7.90. The Morgan fingerprint density at radius 2 is 2.36 bits per heavy atom. The zero-order valence-electron chi connectivity index (χ0n) is 7.90. The van der Waals surface area contributed by atoms with E-state index in [0.29, 0.717) is 18.7 Å². The molecule has 1 unspecified atom stereocenters. The Morgan fingerprint density at radius 3 is 2.93 bits per heavy atom. The smallest absolute Gasteiger partial charge is 0.250 e. The van der Waals surface area contributed by atoms with Crippen LogP contribution in [0.4, 0.5) is 4.39 Å². The van der Waals surface area contributed by atoms with Crippen LogP contribution in [0.15, 0.2) is 12.1 Å². The SMILES string of the molecule is COc1nc(C(O)CCN)ccc1F. The Kier molecular flexibility index (Phi) is 3.79. The Morgan fingerprint density at radius 1 is 1.64 bits per heavy atom. The molecule has 0 aliphatic carbocycles. The van der Waals surface area contributed by atoms with Gasteiger partial charge in [0.1, 0.15) is 0 Å². The van der Waals surface area contributed by atoms with E-state index >= 15 is 0 Å². The number of aromatic nitrogens is 1. The number of rotatable bonds is 4. The molecular formula is C9H13FN2O2. The molecule has 1 rings (SSSR count). The first-order chi connectivity index (χ1) is 6.69. The molecule has 78 valence electrons. The lowest BCUT2D eigenvalue weighted by Gasteiger charge is -2.09. The van der Waals surface area contributed by atoms with Crippen LogP contribution in [0.5, 0.6) is 5.88 Å². The largest absolute Gasteiger partial charge is 0.479 e. The minimum Gasteiger partial charge on any atom is -0.479 e. The van der Waals surface area contributed by atoms with Gasteiger partial charge in [0.15, 0.2) is 5.82 Å². The van der Waals surface area contributed by atoms with Gasteiger partial charge < -0.3 is 15.6 Å². The molecule has 0 aromatic carbocycles. The quantitative estimate of drug-likeness (QED) is 0.747. The molecule has 14 heavy (non-hydrogen) atoms. The van der Waals surface area contributed by atoms with Gasteiger partial charge in [-0.25, -0.2) is 9.37 Å². The van der Waals surface area contributed by atoms with Gasteiger partial charge in [-0.15, -0.1) is 0 Å². The van der Waals surface area contributed by atoms with Gasteiger partial charge in [-0.2, -0.15) is 0 Å². The molecule has 5 heteroatoms. The Balaban J connectivity index is 2.88. The van der Waals surface area contributed by atoms with Crippen molar-refractivity contribution in [2.24, 2.45) is 5.73 Å². The maximum Gasteiger partial charge on any atom is 0.250 e. The lowest BCUT2D eigenvalue weighted by molar-refractivity contribution is 0.164. The lowest BCUT2D eigenvalue weighted by Crippen LogP contribution is -2.09. The van der Waals surface area contributed by atoms with Crippen molar-refractivity contribution in [2.45, 2.75) is 12.5 Å². The van der Waals surface area contributed by atoms with E-state index in [1.54, 1.807) is 0 Å². The first kappa shape index (κ1) is 10.9. The molecule has 0 aliphatic rings. The summed E-state index contributed by atoms with van der Waals surface area (Å²) in [5, 5.41) is 9.51. The van der Waals surface area contributed by atoms with Crippen molar-refractivity contribution in [3.8, 4) is 5.88 Å². The van der Waals surface area contributed by atoms with E-state index in [1.165, 1.54) is 19.2 Å². The standard InChI is InChI=1S/C9H13FN2O2/c1-14-9-6(10)2-3-7(12-9)8(13)4-5-11/h2-3,8,13H,4-5,11H2,1H3. The van der Waals surface area contributed by atoms with Gasteiger partial charge >= 0.3 is 0 Å². The number of methoxy groups -OCH3 is 1. The first-order valence-electron chi connectivity index (χ1n) is 4.27. The molecule has 1 atom stereocenters. The number of pyridine rings is 1. The summed E-state index contributed by atoms with van der Waals surface area (Å²) < 4.78 is 17.6. The van der Waals surface area contributed by atoms with E-state index in [2.05, 4.69) is 9.72 Å². The molecule has 3 N–H and O–H groups in total. The molecular weight excluding hydrogens is 187 g/mol. The summed E-state index contributed by atoms with van der Waals surface area (Å²) in [6.07, 6.45) is -0.378. The number of hydrogen-bond donors (Lipinski definition) is 2. The van der Waals surface area contributed by atoms with E-state index in [1.807, 2.05) is 0 Å². The number of ether oxygens (including phenoxy) is 1. The number of hydrogen-bond acceptors (Lipinski definition) is 4. The summed E-state index contributed by atoms with van der Waals surface area (Å²) in [5.74, 6) is -0.658. The second kappa shape index (κ2) is 4.88. The molecule has 0 saturated carbocycles. The van der Waals surface area contributed by atoms with E-state index in [4.69, 9.17) is 5.73 Å². The summed E-state index contributed by atoms with van der Waals surface area (Å²) in [5.41, 5.74) is 5.64. The Labute approximate surface area is 81.5 Å². The van der Waals surface area contributed by atoms with Crippen molar-refractivity contribution in [2.75, 3.05) is 13.7 Å². The highest BCUT2D eigenvalue weighted by molar-refractivity contribution is 5.19. The molecule has 0 spiro atoms. The van der Waals surface area contributed by atoms with Gasteiger partial charge in [-0.05, 0) is 25.1 Å². The molecule has 0 fully saturated rings. The molecule has 1 aromatic rings. The monoisotopic (exact) mass is 200 g/mol. The average molecular weight is 200 g/mol. The fourth-order valence-electron chi connectivity index (χ4n) is 1.07. The van der Waals surface area contributed by atoms with Crippen molar-refractivity contribution in [3.63, 3.8) is 0 Å². The third-order valence-electron chi connectivity index (χ3n) is 1.81. The Hall–Kier alpha value is -1.20. The predicted octanol–water partition coefficient (Wildman–Crippen LogP) is 0.611. The summed E-state index contributed by atoms with van der Waals surface area (Å²) in [7, 11) is 1.32. The number of nitrogens with zero attached hydrogens (tertiary/aromatic N) is 1. The van der Waals surface area contributed by atoms with Gasteiger partial charge in [-0.1, -0.05) is 0 Å². The van der Waals surface area contributed by atoms with Crippen LogP contribution >= 0.6 is 0 Å². The molecule has 1 aromatic heterocycles. The maximum atomic E-state index is 12.9. The fourth-order valence-corrected chi connectivity index (χ4v) is 1.07. The molecule has 4 nitrogen and oxygen atoms in total. The molecule has 1 heterocycles. The molecule has 0 radical (unpaired) electrons. The van der Waals surface area contributed by atoms with Crippen LogP contribution in [0.25, 0.3) is 0 Å². The topological polar surface area (TPSA) is 68.4 Å². The molecule has 0 aliphatic heterocycles. The van der Waals surface area contributed by atoms with Crippen molar-refractivity contribution >= 4 is 0 Å². The zero-order chi connectivity index (χ0) is 10.6. The number of halogens is 1. The summed E-state index contributed by atoms with van der Waals surface area (Å²) in [6, 6.07) is 2.62. The molecule has 0 bridgehead atoms. The van der Waals surface area contributed by atoms with E-state index in [0.717, 1.165) is 0 Å². The minimum absolute atomic E-state index is 0.112. The molecule has 0 amide bonds. The first-order valence-corrected chi connectivity index (χ1v) is 4.27. The van der Waals surface area contributed by atoms with Gasteiger partial charge in [0, 0.05) is 0 Å². The number of aliphatic hydroxyl groups excluding tert-OH is 1. The normalized spacial score (nSPS) is 12.6. The van der Waals surface area contributed by atoms with Crippen LogP contribution in [0.2, 0.25) is 0 Å².